The lowest BCUT2D eigenvalue weighted by atomic mass is 9.96. The van der Waals surface area contributed by atoms with Gasteiger partial charge < -0.3 is 4.74 Å². The van der Waals surface area contributed by atoms with Crippen LogP contribution in [0.25, 0.3) is 0 Å². The van der Waals surface area contributed by atoms with E-state index in [0.717, 1.165) is 42.6 Å². The van der Waals surface area contributed by atoms with E-state index in [9.17, 15) is 4.79 Å². The molecule has 1 aromatic carbocycles. The van der Waals surface area contributed by atoms with Crippen molar-refractivity contribution in [1.29, 1.82) is 0 Å². The van der Waals surface area contributed by atoms with Gasteiger partial charge in [-0.2, -0.15) is 0 Å². The van der Waals surface area contributed by atoms with Crippen LogP contribution in [0.4, 0.5) is 0 Å². The van der Waals surface area contributed by atoms with Gasteiger partial charge in [-0.25, -0.2) is 0 Å². The summed E-state index contributed by atoms with van der Waals surface area (Å²) in [6.45, 7) is 7.34. The summed E-state index contributed by atoms with van der Waals surface area (Å²) in [5, 5.41) is 0. The van der Waals surface area contributed by atoms with Crippen molar-refractivity contribution in [2.75, 3.05) is 6.61 Å². The number of aldehydes is 1. The van der Waals surface area contributed by atoms with Crippen LogP contribution in [-0.2, 0) is 0 Å². The Morgan fingerprint density at radius 2 is 1.90 bits per heavy atom. The van der Waals surface area contributed by atoms with Crippen LogP contribution in [0.2, 0.25) is 0 Å². The number of hydrogen-bond donors (Lipinski definition) is 0. The standard InChI is InChI=1S/C18H28O2/c1-4-6-7-8-9-12-20-18-11-10-16(14-19)13-17(18)15(3)5-2/h10-11,13-15H,4-9,12H2,1-3H3. The number of carbonyl (C=O) groups excluding carboxylic acids is 1. The van der Waals surface area contributed by atoms with Crippen LogP contribution < -0.4 is 4.74 Å². The predicted octanol–water partition coefficient (Wildman–Crippen LogP) is 5.36. The summed E-state index contributed by atoms with van der Waals surface area (Å²) in [6.07, 6.45) is 8.17. The lowest BCUT2D eigenvalue weighted by molar-refractivity contribution is 0.112. The second-order valence-corrected chi connectivity index (χ2v) is 5.49. The highest BCUT2D eigenvalue weighted by molar-refractivity contribution is 5.75. The van der Waals surface area contributed by atoms with Crippen molar-refractivity contribution in [2.24, 2.45) is 0 Å². The summed E-state index contributed by atoms with van der Waals surface area (Å²) in [5.41, 5.74) is 1.89. The predicted molar refractivity (Wildman–Crippen MR) is 84.8 cm³/mol. The molecule has 20 heavy (non-hydrogen) atoms. The Kier molecular flexibility index (Phi) is 8.01. The van der Waals surface area contributed by atoms with Gasteiger partial charge in [0, 0.05) is 5.56 Å². The molecule has 1 unspecified atom stereocenters. The second kappa shape index (κ2) is 9.57. The largest absolute Gasteiger partial charge is 0.493 e. The van der Waals surface area contributed by atoms with E-state index in [4.69, 9.17) is 4.74 Å². The number of rotatable bonds is 10. The fourth-order valence-corrected chi connectivity index (χ4v) is 2.26. The smallest absolute Gasteiger partial charge is 0.150 e. The number of unbranched alkanes of at least 4 members (excludes halogenated alkanes) is 4. The van der Waals surface area contributed by atoms with Crippen LogP contribution in [0.15, 0.2) is 18.2 Å². The van der Waals surface area contributed by atoms with Crippen LogP contribution in [0.1, 0.15) is 81.1 Å². The van der Waals surface area contributed by atoms with Crippen molar-refractivity contribution in [3.8, 4) is 5.75 Å². The number of hydrogen-bond acceptors (Lipinski definition) is 2. The first-order valence-electron chi connectivity index (χ1n) is 7.94. The van der Waals surface area contributed by atoms with Gasteiger partial charge in [-0.1, -0.05) is 46.5 Å². The van der Waals surface area contributed by atoms with E-state index in [-0.39, 0.29) is 0 Å². The minimum absolute atomic E-state index is 0.421. The maximum atomic E-state index is 10.9. The second-order valence-electron chi connectivity index (χ2n) is 5.49. The molecular formula is C18H28O2. The molecule has 0 aliphatic carbocycles. The third-order valence-corrected chi connectivity index (χ3v) is 3.82. The van der Waals surface area contributed by atoms with Gasteiger partial charge in [0.05, 0.1) is 6.61 Å². The van der Waals surface area contributed by atoms with Crippen molar-refractivity contribution in [1.82, 2.24) is 0 Å². The number of ether oxygens (including phenoxy) is 1. The summed E-state index contributed by atoms with van der Waals surface area (Å²) < 4.78 is 5.92. The van der Waals surface area contributed by atoms with Crippen LogP contribution in [0.5, 0.6) is 5.75 Å². The van der Waals surface area contributed by atoms with E-state index < -0.39 is 0 Å². The molecule has 0 bridgehead atoms. The molecule has 0 amide bonds. The van der Waals surface area contributed by atoms with Gasteiger partial charge in [0.1, 0.15) is 12.0 Å². The van der Waals surface area contributed by atoms with Gasteiger partial charge in [0.25, 0.3) is 0 Å². The van der Waals surface area contributed by atoms with Crippen LogP contribution in [0, 0.1) is 0 Å². The van der Waals surface area contributed by atoms with Gasteiger partial charge in [-0.3, -0.25) is 4.79 Å². The first-order valence-corrected chi connectivity index (χ1v) is 7.94. The molecule has 1 rings (SSSR count). The molecule has 0 saturated heterocycles. The van der Waals surface area contributed by atoms with E-state index in [1.54, 1.807) is 0 Å². The summed E-state index contributed by atoms with van der Waals surface area (Å²) in [5.74, 6) is 1.37. The average Bonchev–Trinajstić information content (AvgIpc) is 2.50. The minimum atomic E-state index is 0.421. The molecule has 0 aromatic heterocycles. The molecule has 2 heteroatoms. The highest BCUT2D eigenvalue weighted by atomic mass is 16.5. The zero-order valence-corrected chi connectivity index (χ0v) is 13.2. The molecule has 0 aliphatic rings. The molecule has 0 saturated carbocycles. The highest BCUT2D eigenvalue weighted by Gasteiger charge is 2.11. The third kappa shape index (κ3) is 5.36. The van der Waals surface area contributed by atoms with E-state index >= 15 is 0 Å². The monoisotopic (exact) mass is 276 g/mol. The van der Waals surface area contributed by atoms with Crippen molar-refractivity contribution < 1.29 is 9.53 Å². The van der Waals surface area contributed by atoms with E-state index in [1.807, 2.05) is 18.2 Å². The van der Waals surface area contributed by atoms with E-state index in [1.165, 1.54) is 25.7 Å². The normalized spacial score (nSPS) is 12.2. The quantitative estimate of drug-likeness (QED) is 0.424. The molecule has 0 N–H and O–H groups in total. The maximum absolute atomic E-state index is 10.9. The summed E-state index contributed by atoms with van der Waals surface area (Å²) in [7, 11) is 0. The Morgan fingerprint density at radius 1 is 1.15 bits per heavy atom. The van der Waals surface area contributed by atoms with Gasteiger partial charge in [0.2, 0.25) is 0 Å². The van der Waals surface area contributed by atoms with Crippen molar-refractivity contribution in [3.05, 3.63) is 29.3 Å². The molecule has 1 atom stereocenters. The zero-order valence-electron chi connectivity index (χ0n) is 13.2. The summed E-state index contributed by atoms with van der Waals surface area (Å²) >= 11 is 0. The molecule has 0 radical (unpaired) electrons. The molecule has 0 aliphatic heterocycles. The fourth-order valence-electron chi connectivity index (χ4n) is 2.26. The third-order valence-electron chi connectivity index (χ3n) is 3.82. The molecule has 0 spiro atoms. The SMILES string of the molecule is CCCCCCCOc1ccc(C=O)cc1C(C)CC. The van der Waals surface area contributed by atoms with Crippen LogP contribution in [-0.4, -0.2) is 12.9 Å². The van der Waals surface area contributed by atoms with E-state index in [0.29, 0.717) is 5.92 Å². The first-order chi connectivity index (χ1) is 9.72. The Labute approximate surface area is 123 Å². The molecule has 112 valence electrons. The average molecular weight is 276 g/mol. The Morgan fingerprint density at radius 3 is 2.55 bits per heavy atom. The van der Waals surface area contributed by atoms with Gasteiger partial charge in [-0.15, -0.1) is 0 Å². The molecular weight excluding hydrogens is 248 g/mol. The Hall–Kier alpha value is -1.31. The van der Waals surface area contributed by atoms with Crippen molar-refractivity contribution in [2.45, 2.75) is 65.2 Å². The van der Waals surface area contributed by atoms with Gasteiger partial charge >= 0.3 is 0 Å². The Balaban J connectivity index is 2.57. The molecule has 0 fully saturated rings. The summed E-state index contributed by atoms with van der Waals surface area (Å²) in [4.78, 5) is 10.9. The lowest BCUT2D eigenvalue weighted by Crippen LogP contribution is -2.03. The zero-order chi connectivity index (χ0) is 14.8. The van der Waals surface area contributed by atoms with E-state index in [2.05, 4.69) is 20.8 Å². The molecule has 1 aromatic rings. The van der Waals surface area contributed by atoms with Crippen LogP contribution >= 0.6 is 0 Å². The van der Waals surface area contributed by atoms with Gasteiger partial charge in [0.15, 0.2) is 0 Å². The Bertz CT molecular complexity index is 398. The van der Waals surface area contributed by atoms with Crippen LogP contribution in [0.3, 0.4) is 0 Å². The maximum Gasteiger partial charge on any atom is 0.150 e. The topological polar surface area (TPSA) is 26.3 Å². The minimum Gasteiger partial charge on any atom is -0.493 e. The lowest BCUT2D eigenvalue weighted by Gasteiger charge is -2.16. The molecule has 0 heterocycles. The fraction of sp³-hybridized carbons (Fsp3) is 0.611. The highest BCUT2D eigenvalue weighted by Crippen LogP contribution is 2.29. The van der Waals surface area contributed by atoms with Gasteiger partial charge in [-0.05, 0) is 42.5 Å². The first kappa shape index (κ1) is 16.7. The van der Waals surface area contributed by atoms with Crippen molar-refractivity contribution in [3.63, 3.8) is 0 Å². The summed E-state index contributed by atoms with van der Waals surface area (Å²) in [6, 6.07) is 5.75. The number of benzene rings is 1. The van der Waals surface area contributed by atoms with Crippen molar-refractivity contribution >= 4 is 6.29 Å². The molecule has 2 nitrogen and oxygen atoms in total. The number of carbonyl (C=O) groups is 1.